The Morgan fingerprint density at radius 2 is 2.19 bits per heavy atom. The highest BCUT2D eigenvalue weighted by Gasteiger charge is 1.97. The molecule has 0 aliphatic carbocycles. The molecule has 0 unspecified atom stereocenters. The molecule has 0 aliphatic heterocycles. The molecular weight excluding hydrogens is 224 g/mol. The van der Waals surface area contributed by atoms with Gasteiger partial charge in [-0.1, -0.05) is 17.7 Å². The summed E-state index contributed by atoms with van der Waals surface area (Å²) in [5, 5.41) is 9.00. The number of hydrogen-bond acceptors (Lipinski definition) is 3. The van der Waals surface area contributed by atoms with E-state index in [1.54, 1.807) is 35.3 Å². The molecule has 78 valence electrons. The summed E-state index contributed by atoms with van der Waals surface area (Å²) < 4.78 is 1.76. The molecule has 0 amide bonds. The zero-order valence-electron chi connectivity index (χ0n) is 8.21. The number of aromatic nitrogens is 2. The Balaban J connectivity index is 2.61. The first-order valence-corrected chi connectivity index (χ1v) is 4.91. The number of halogens is 1. The van der Waals surface area contributed by atoms with E-state index in [1.165, 1.54) is 0 Å². The molecule has 0 saturated heterocycles. The van der Waals surface area contributed by atoms with E-state index in [0.717, 1.165) is 5.69 Å². The summed E-state index contributed by atoms with van der Waals surface area (Å²) in [6.07, 6.45) is 5.19. The second-order valence-corrected chi connectivity index (χ2v) is 3.37. The van der Waals surface area contributed by atoms with Gasteiger partial charge in [0.1, 0.15) is 10.6 Å². The lowest BCUT2D eigenvalue weighted by molar-refractivity contribution is 0.943. The second-order valence-electron chi connectivity index (χ2n) is 2.98. The van der Waals surface area contributed by atoms with E-state index in [1.807, 2.05) is 18.2 Å². The molecular formula is C11H7ClN4. The minimum atomic E-state index is 0.430. The van der Waals surface area contributed by atoms with Crippen LogP contribution in [0.4, 0.5) is 0 Å². The van der Waals surface area contributed by atoms with Crippen molar-refractivity contribution in [2.24, 2.45) is 4.99 Å². The van der Waals surface area contributed by atoms with Crippen molar-refractivity contribution < 1.29 is 0 Å². The number of nitrogens with zero attached hydrogens (tertiary/aromatic N) is 4. The average molecular weight is 231 g/mol. The predicted octanol–water partition coefficient (Wildman–Crippen LogP) is 1.91. The fourth-order valence-electron chi connectivity index (χ4n) is 1.31. The van der Waals surface area contributed by atoms with E-state index in [-0.39, 0.29) is 0 Å². The third-order valence-electron chi connectivity index (χ3n) is 1.99. The van der Waals surface area contributed by atoms with Crippen molar-refractivity contribution in [3.05, 3.63) is 53.4 Å². The molecule has 2 rings (SSSR count). The Hall–Kier alpha value is -2.12. The van der Waals surface area contributed by atoms with Crippen molar-refractivity contribution in [3.8, 4) is 11.9 Å². The van der Waals surface area contributed by atoms with Gasteiger partial charge in [0, 0.05) is 6.20 Å². The lowest BCUT2D eigenvalue weighted by Gasteiger charge is -2.05. The first kappa shape index (κ1) is 10.4. The third kappa shape index (κ3) is 2.10. The first-order chi connectivity index (χ1) is 7.81. The second kappa shape index (κ2) is 4.60. The van der Waals surface area contributed by atoms with Crippen molar-refractivity contribution in [2.45, 2.75) is 0 Å². The maximum absolute atomic E-state index is 8.57. The maximum Gasteiger partial charge on any atom is 0.207 e. The monoisotopic (exact) mass is 230 g/mol. The molecule has 0 aliphatic rings. The van der Waals surface area contributed by atoms with Gasteiger partial charge in [-0.25, -0.2) is 4.98 Å². The molecule has 0 aromatic carbocycles. The topological polar surface area (TPSA) is 54.0 Å². The zero-order valence-corrected chi connectivity index (χ0v) is 8.96. The van der Waals surface area contributed by atoms with Crippen LogP contribution in [-0.2, 0) is 0 Å². The van der Waals surface area contributed by atoms with Crippen LogP contribution in [0.15, 0.2) is 47.7 Å². The van der Waals surface area contributed by atoms with Crippen LogP contribution in [-0.4, -0.2) is 9.55 Å². The van der Waals surface area contributed by atoms with E-state index in [2.05, 4.69) is 9.98 Å². The van der Waals surface area contributed by atoms with E-state index < -0.39 is 0 Å². The molecule has 16 heavy (non-hydrogen) atoms. The minimum absolute atomic E-state index is 0.430. The molecule has 0 radical (unpaired) electrons. The predicted molar refractivity (Wildman–Crippen MR) is 59.8 cm³/mol. The number of hydrogen-bond donors (Lipinski definition) is 0. The summed E-state index contributed by atoms with van der Waals surface area (Å²) in [7, 11) is 0. The fraction of sp³-hybridized carbons (Fsp3) is 0. The number of pyridine rings is 2. The van der Waals surface area contributed by atoms with Gasteiger partial charge >= 0.3 is 0 Å². The number of nitriles is 1. The molecule has 0 N–H and O–H groups in total. The van der Waals surface area contributed by atoms with E-state index in [4.69, 9.17) is 16.9 Å². The van der Waals surface area contributed by atoms with Crippen molar-refractivity contribution in [2.75, 3.05) is 0 Å². The molecule has 5 heteroatoms. The Morgan fingerprint density at radius 3 is 2.88 bits per heavy atom. The highest BCUT2D eigenvalue weighted by Crippen LogP contribution is 2.07. The van der Waals surface area contributed by atoms with Gasteiger partial charge in [-0.3, -0.25) is 4.57 Å². The van der Waals surface area contributed by atoms with E-state index in [0.29, 0.717) is 10.6 Å². The van der Waals surface area contributed by atoms with Gasteiger partial charge in [-0.05, 0) is 24.3 Å². The molecule has 4 nitrogen and oxygen atoms in total. The minimum Gasteiger partial charge on any atom is -0.300 e. The Bertz CT molecular complexity index is 592. The van der Waals surface area contributed by atoms with Crippen LogP contribution in [0.25, 0.3) is 5.69 Å². The molecule has 2 aromatic rings. The summed E-state index contributed by atoms with van der Waals surface area (Å²) in [5.74, 6) is 0. The van der Waals surface area contributed by atoms with Crippen LogP contribution in [0, 0.1) is 11.5 Å². The van der Waals surface area contributed by atoms with Crippen molar-refractivity contribution in [1.29, 1.82) is 5.26 Å². The molecule has 2 aromatic heterocycles. The summed E-state index contributed by atoms with van der Waals surface area (Å²) in [5.41, 5.74) is 1.35. The van der Waals surface area contributed by atoms with E-state index >= 15 is 0 Å². The van der Waals surface area contributed by atoms with Crippen molar-refractivity contribution in [3.63, 3.8) is 0 Å². The standard InChI is InChI=1S/C11H7ClN4/c12-10-5-4-9(7-14-10)16-6-2-1-3-11(16)15-8-13/h1-7H/b15-11+. The molecule has 0 saturated carbocycles. The summed E-state index contributed by atoms with van der Waals surface area (Å²) in [6, 6.07) is 8.91. The van der Waals surface area contributed by atoms with Gasteiger partial charge in [0.15, 0.2) is 0 Å². The van der Waals surface area contributed by atoms with Crippen molar-refractivity contribution in [1.82, 2.24) is 9.55 Å². The van der Waals surface area contributed by atoms with Crippen LogP contribution < -0.4 is 5.49 Å². The van der Waals surface area contributed by atoms with E-state index in [9.17, 15) is 0 Å². The molecule has 0 atom stereocenters. The van der Waals surface area contributed by atoms with Gasteiger partial charge in [0.25, 0.3) is 0 Å². The lowest BCUT2D eigenvalue weighted by Crippen LogP contribution is -2.17. The highest BCUT2D eigenvalue weighted by molar-refractivity contribution is 6.29. The van der Waals surface area contributed by atoms with Gasteiger partial charge in [-0.15, -0.1) is 0 Å². The Kier molecular flexibility index (Phi) is 2.99. The Morgan fingerprint density at radius 1 is 1.31 bits per heavy atom. The largest absolute Gasteiger partial charge is 0.300 e. The fourth-order valence-corrected chi connectivity index (χ4v) is 1.42. The van der Waals surface area contributed by atoms with Gasteiger partial charge in [-0.2, -0.15) is 10.3 Å². The SMILES string of the molecule is N#C/N=c1\ccccn1-c1ccc(Cl)nc1. The van der Waals surface area contributed by atoms with Crippen LogP contribution in [0.5, 0.6) is 0 Å². The first-order valence-electron chi connectivity index (χ1n) is 4.54. The molecule has 0 bridgehead atoms. The smallest absolute Gasteiger partial charge is 0.207 e. The van der Waals surface area contributed by atoms with Crippen molar-refractivity contribution >= 4 is 11.6 Å². The Labute approximate surface area is 97.1 Å². The third-order valence-corrected chi connectivity index (χ3v) is 2.22. The zero-order chi connectivity index (χ0) is 11.4. The van der Waals surface area contributed by atoms with Crippen LogP contribution in [0.2, 0.25) is 5.15 Å². The van der Waals surface area contributed by atoms with Crippen LogP contribution in [0.1, 0.15) is 0 Å². The van der Waals surface area contributed by atoms with Crippen LogP contribution in [0.3, 0.4) is 0 Å². The van der Waals surface area contributed by atoms with Gasteiger partial charge in [0.2, 0.25) is 6.19 Å². The lowest BCUT2D eigenvalue weighted by atomic mass is 10.4. The summed E-state index contributed by atoms with van der Waals surface area (Å²) in [6.45, 7) is 0. The molecule has 0 fully saturated rings. The summed E-state index contributed by atoms with van der Waals surface area (Å²) >= 11 is 5.70. The average Bonchev–Trinajstić information content (AvgIpc) is 2.32. The molecule has 2 heterocycles. The normalized spacial score (nSPS) is 11.1. The number of rotatable bonds is 1. The maximum atomic E-state index is 8.57. The van der Waals surface area contributed by atoms with Crippen LogP contribution >= 0.6 is 11.6 Å². The van der Waals surface area contributed by atoms with Gasteiger partial charge in [0.05, 0.1) is 11.9 Å². The quantitative estimate of drug-likeness (QED) is 0.555. The molecule has 0 spiro atoms. The van der Waals surface area contributed by atoms with Gasteiger partial charge < -0.3 is 0 Å². The summed E-state index contributed by atoms with van der Waals surface area (Å²) in [4.78, 5) is 7.69. The highest BCUT2D eigenvalue weighted by atomic mass is 35.5.